The number of allylic oxidation sites excluding steroid dienone is 2. The van der Waals surface area contributed by atoms with Crippen LogP contribution in [0.4, 0.5) is 0 Å². The van der Waals surface area contributed by atoms with Gasteiger partial charge >= 0.3 is 141 Å². The van der Waals surface area contributed by atoms with Gasteiger partial charge in [-0.25, -0.2) is 0 Å². The smallest absolute Gasteiger partial charge is 1.00 e. The summed E-state index contributed by atoms with van der Waals surface area (Å²) in [5, 5.41) is 0. The maximum absolute atomic E-state index is 4.84. The van der Waals surface area contributed by atoms with E-state index in [1.165, 1.54) is 22.3 Å². The first-order valence-corrected chi connectivity index (χ1v) is 12.0. The Bertz CT molecular complexity index is 783. The quantitative estimate of drug-likeness (QED) is 0.565. The normalized spacial score (nSPS) is 25.0. The van der Waals surface area contributed by atoms with E-state index >= 15 is 0 Å². The molecule has 24 heavy (non-hydrogen) atoms. The second-order valence-electron chi connectivity index (χ2n) is 6.72. The van der Waals surface area contributed by atoms with Gasteiger partial charge in [0.25, 0.3) is 0 Å². The molecule has 0 N–H and O–H groups in total. The number of hydrogen-bond acceptors (Lipinski definition) is 0. The van der Waals surface area contributed by atoms with Crippen LogP contribution in [0.15, 0.2) is 60.7 Å². The first-order chi connectivity index (χ1) is 10.6. The van der Waals surface area contributed by atoms with Gasteiger partial charge in [0.2, 0.25) is 0 Å². The SMILES string of the molecule is [CH2]=[Zr+2]([C]1(C)C=Cc2ccccc21)[C]1(C)C=Cc2ccccc21.[Cl-].[Cl-]. The van der Waals surface area contributed by atoms with Crippen LogP contribution in [0.1, 0.15) is 36.1 Å². The molecular weight excluding hydrogens is 414 g/mol. The van der Waals surface area contributed by atoms with Crippen LogP contribution in [0.25, 0.3) is 12.2 Å². The topological polar surface area (TPSA) is 0 Å². The number of hydrogen-bond donors (Lipinski definition) is 0. The van der Waals surface area contributed by atoms with Crippen molar-refractivity contribution < 1.29 is 46.1 Å². The number of rotatable bonds is 2. The van der Waals surface area contributed by atoms with Gasteiger partial charge in [0.1, 0.15) is 0 Å². The number of halogens is 2. The van der Waals surface area contributed by atoms with Crippen molar-refractivity contribution in [2.24, 2.45) is 0 Å². The Kier molecular flexibility index (Phi) is 5.60. The Morgan fingerprint density at radius 1 is 0.708 bits per heavy atom. The van der Waals surface area contributed by atoms with E-state index in [2.05, 4.69) is 86.7 Å². The molecule has 3 heteroatoms. The molecule has 0 saturated carbocycles. The minimum absolute atomic E-state index is 0. The molecule has 2 atom stereocenters. The Labute approximate surface area is 164 Å². The zero-order valence-corrected chi connectivity index (χ0v) is 17.9. The van der Waals surface area contributed by atoms with Crippen LogP contribution in [-0.2, 0) is 27.5 Å². The van der Waals surface area contributed by atoms with Crippen molar-refractivity contribution in [3.63, 3.8) is 0 Å². The maximum atomic E-state index is 4.84. The van der Waals surface area contributed by atoms with E-state index in [1.807, 2.05) is 0 Å². The Balaban J connectivity index is 0.00000104. The molecule has 0 nitrogen and oxygen atoms in total. The van der Waals surface area contributed by atoms with Gasteiger partial charge < -0.3 is 24.8 Å². The van der Waals surface area contributed by atoms with Gasteiger partial charge in [-0.05, 0) is 0 Å². The zero-order valence-electron chi connectivity index (χ0n) is 13.9. The molecule has 2 aliphatic rings. The summed E-state index contributed by atoms with van der Waals surface area (Å²) in [6.45, 7) is 4.83. The minimum atomic E-state index is -2.13. The molecule has 4 rings (SSSR count). The third kappa shape index (κ3) is 2.66. The zero-order chi connectivity index (χ0) is 15.4. The summed E-state index contributed by atoms with van der Waals surface area (Å²) >= 11 is -2.13. The fraction of sp³-hybridized carbons (Fsp3) is 0.190. The van der Waals surface area contributed by atoms with Crippen LogP contribution >= 0.6 is 0 Å². The number of fused-ring (bicyclic) bond motifs is 2. The third-order valence-electron chi connectivity index (χ3n) is 5.49. The van der Waals surface area contributed by atoms with E-state index in [1.54, 1.807) is 0 Å². The second-order valence-corrected chi connectivity index (χ2v) is 14.2. The molecule has 0 radical (unpaired) electrons. The third-order valence-corrected chi connectivity index (χ3v) is 13.8. The fourth-order valence-electron chi connectivity index (χ4n) is 3.99. The molecule has 0 aliphatic heterocycles. The Hall–Kier alpha value is -0.747. The largest absolute Gasteiger partial charge is 1.00 e. The van der Waals surface area contributed by atoms with Crippen LogP contribution in [0.3, 0.4) is 0 Å². The van der Waals surface area contributed by atoms with E-state index in [0.29, 0.717) is 0 Å². The molecule has 0 fully saturated rings. The molecular formula is C21H20Cl2Zr. The summed E-state index contributed by atoms with van der Waals surface area (Å²) < 4.78 is 5.16. The predicted molar refractivity (Wildman–Crippen MR) is 92.8 cm³/mol. The average molecular weight is 435 g/mol. The van der Waals surface area contributed by atoms with Gasteiger partial charge in [0.15, 0.2) is 0 Å². The Morgan fingerprint density at radius 2 is 1.08 bits per heavy atom. The van der Waals surface area contributed by atoms with Gasteiger partial charge in [-0.15, -0.1) is 0 Å². The first-order valence-electron chi connectivity index (χ1n) is 7.83. The molecule has 2 aromatic rings. The average Bonchev–Trinajstić information content (AvgIpc) is 3.08. The fourth-order valence-corrected chi connectivity index (χ4v) is 10.8. The summed E-state index contributed by atoms with van der Waals surface area (Å²) in [5.74, 6) is 0. The summed E-state index contributed by atoms with van der Waals surface area (Å²) in [6, 6.07) is 17.7. The molecule has 0 aromatic heterocycles. The van der Waals surface area contributed by atoms with Gasteiger partial charge in [-0.1, -0.05) is 0 Å². The summed E-state index contributed by atoms with van der Waals surface area (Å²) in [4.78, 5) is 0. The van der Waals surface area contributed by atoms with Crippen molar-refractivity contribution in [2.45, 2.75) is 20.1 Å². The van der Waals surface area contributed by atoms with E-state index in [0.717, 1.165) is 0 Å². The summed E-state index contributed by atoms with van der Waals surface area (Å²) in [5.41, 5.74) is 5.73. The monoisotopic (exact) mass is 432 g/mol. The van der Waals surface area contributed by atoms with Crippen molar-refractivity contribution in [1.82, 2.24) is 0 Å². The van der Waals surface area contributed by atoms with Crippen LogP contribution in [0, 0.1) is 0 Å². The van der Waals surface area contributed by atoms with E-state index in [-0.39, 0.29) is 31.1 Å². The molecule has 0 bridgehead atoms. The first kappa shape index (κ1) is 19.6. The predicted octanol–water partition coefficient (Wildman–Crippen LogP) is -1.07. The van der Waals surface area contributed by atoms with Crippen LogP contribution in [-0.4, -0.2) is 4.21 Å². The van der Waals surface area contributed by atoms with Crippen molar-refractivity contribution in [3.8, 4) is 0 Å². The maximum Gasteiger partial charge on any atom is -1.00 e. The van der Waals surface area contributed by atoms with E-state index in [4.69, 9.17) is 4.21 Å². The molecule has 122 valence electrons. The van der Waals surface area contributed by atoms with Crippen molar-refractivity contribution >= 4 is 16.4 Å². The molecule has 2 aromatic carbocycles. The van der Waals surface area contributed by atoms with Crippen molar-refractivity contribution in [3.05, 3.63) is 82.9 Å². The van der Waals surface area contributed by atoms with Gasteiger partial charge in [-0.2, -0.15) is 0 Å². The number of benzene rings is 2. The molecule has 0 saturated heterocycles. The van der Waals surface area contributed by atoms with Crippen molar-refractivity contribution in [2.75, 3.05) is 0 Å². The van der Waals surface area contributed by atoms with E-state index in [9.17, 15) is 0 Å². The van der Waals surface area contributed by atoms with Gasteiger partial charge in [0.05, 0.1) is 0 Å². The van der Waals surface area contributed by atoms with Crippen LogP contribution in [0.5, 0.6) is 0 Å². The van der Waals surface area contributed by atoms with Crippen molar-refractivity contribution in [1.29, 1.82) is 0 Å². The van der Waals surface area contributed by atoms with Crippen LogP contribution < -0.4 is 24.8 Å². The molecule has 2 unspecified atom stereocenters. The summed E-state index contributed by atoms with van der Waals surface area (Å²) in [7, 11) is 0. The molecule has 0 spiro atoms. The van der Waals surface area contributed by atoms with Crippen LogP contribution in [0.2, 0.25) is 0 Å². The molecule has 0 amide bonds. The standard InChI is InChI=1S/2C10H9.CH2.2ClH.Zr/c2*1-8-6-7-9-4-2-3-5-10(8)9;;;;/h2*2-7H,1H3;1H2;2*1H;/q;;;;;+2/p-2. The second kappa shape index (κ2) is 6.87. The van der Waals surface area contributed by atoms with Gasteiger partial charge in [0, 0.05) is 0 Å². The molecule has 2 aliphatic carbocycles. The van der Waals surface area contributed by atoms with E-state index < -0.39 is 21.3 Å². The summed E-state index contributed by atoms with van der Waals surface area (Å²) in [6.07, 6.45) is 9.46. The molecule has 0 heterocycles. The van der Waals surface area contributed by atoms with Gasteiger partial charge in [-0.3, -0.25) is 0 Å². The Morgan fingerprint density at radius 3 is 1.50 bits per heavy atom. The minimum Gasteiger partial charge on any atom is -1.00 e.